The molecule has 0 aromatic rings. The Morgan fingerprint density at radius 2 is 1.84 bits per heavy atom. The summed E-state index contributed by atoms with van der Waals surface area (Å²) in [6.45, 7) is 5.88. The molecule has 1 saturated carbocycles. The average Bonchev–Trinajstić information content (AvgIpc) is 3.47. The van der Waals surface area contributed by atoms with Gasteiger partial charge >= 0.3 is 0 Å². The molecule has 0 aromatic carbocycles. The molecule has 0 radical (unpaired) electrons. The van der Waals surface area contributed by atoms with Crippen molar-refractivity contribution in [2.75, 3.05) is 46.5 Å². The lowest BCUT2D eigenvalue weighted by molar-refractivity contribution is -0.0320. The molecule has 2 saturated heterocycles. The van der Waals surface area contributed by atoms with Gasteiger partial charge in [-0.25, -0.2) is 0 Å². The topological polar surface area (TPSA) is 58.1 Å². The van der Waals surface area contributed by atoms with Gasteiger partial charge in [0.05, 0.1) is 6.10 Å². The quantitative estimate of drug-likeness (QED) is 0.260. The van der Waals surface area contributed by atoms with Crippen LogP contribution in [0.2, 0.25) is 0 Å². The number of nitrogens with zero attached hydrogens (tertiary/aromatic N) is 2. The summed E-state index contributed by atoms with van der Waals surface area (Å²) in [6.07, 6.45) is 8.76. The van der Waals surface area contributed by atoms with E-state index in [0.717, 1.165) is 57.6 Å². The predicted molar refractivity (Wildman–Crippen MR) is 112 cm³/mol. The van der Waals surface area contributed by atoms with E-state index in [-0.39, 0.29) is 24.0 Å². The van der Waals surface area contributed by atoms with Gasteiger partial charge in [-0.05, 0) is 44.9 Å². The zero-order valence-electron chi connectivity index (χ0n) is 15.5. The van der Waals surface area contributed by atoms with Crippen molar-refractivity contribution in [1.29, 1.82) is 0 Å². The molecule has 3 aliphatic rings. The standard InChI is InChI=1S/C18H34N4O2.HI/c1-19-18(20-9-2-12-24-17-7-13-23-14-8-17)21-15-5-10-22(11-6-15)16-3-4-16;/h15-17H,2-14H2,1H3,(H2,19,20,21);1H. The molecular weight excluding hydrogens is 431 g/mol. The molecule has 1 aliphatic carbocycles. The molecule has 6 nitrogen and oxygen atoms in total. The first-order chi connectivity index (χ1) is 11.8. The number of hydrogen-bond donors (Lipinski definition) is 2. The lowest BCUT2D eigenvalue weighted by Crippen LogP contribution is -2.49. The summed E-state index contributed by atoms with van der Waals surface area (Å²) >= 11 is 0. The first-order valence-electron chi connectivity index (χ1n) is 9.75. The minimum atomic E-state index is 0. The molecule has 0 atom stereocenters. The molecule has 3 fully saturated rings. The number of piperidine rings is 1. The second-order valence-corrected chi connectivity index (χ2v) is 7.22. The first kappa shape index (κ1) is 21.2. The Morgan fingerprint density at radius 1 is 1.12 bits per heavy atom. The Morgan fingerprint density at radius 3 is 2.48 bits per heavy atom. The molecule has 0 unspecified atom stereocenters. The zero-order chi connectivity index (χ0) is 16.6. The Bertz CT molecular complexity index is 393. The maximum Gasteiger partial charge on any atom is 0.191 e. The fourth-order valence-electron chi connectivity index (χ4n) is 3.61. The molecule has 7 heteroatoms. The van der Waals surface area contributed by atoms with Crippen molar-refractivity contribution in [3.8, 4) is 0 Å². The van der Waals surface area contributed by atoms with Gasteiger partial charge in [0.25, 0.3) is 0 Å². The number of hydrogen-bond acceptors (Lipinski definition) is 4. The summed E-state index contributed by atoms with van der Waals surface area (Å²) in [5, 5.41) is 7.00. The highest BCUT2D eigenvalue weighted by molar-refractivity contribution is 14.0. The zero-order valence-corrected chi connectivity index (χ0v) is 17.9. The number of likely N-dealkylation sites (tertiary alicyclic amines) is 1. The lowest BCUT2D eigenvalue weighted by Gasteiger charge is -2.33. The average molecular weight is 466 g/mol. The van der Waals surface area contributed by atoms with Crippen LogP contribution in [-0.4, -0.2) is 75.5 Å². The van der Waals surface area contributed by atoms with Gasteiger partial charge in [-0.2, -0.15) is 0 Å². The molecule has 0 aromatic heterocycles. The fraction of sp³-hybridized carbons (Fsp3) is 0.944. The van der Waals surface area contributed by atoms with Crippen molar-refractivity contribution in [2.45, 2.75) is 63.1 Å². The molecule has 2 heterocycles. The fourth-order valence-corrected chi connectivity index (χ4v) is 3.61. The Balaban J connectivity index is 0.00000225. The summed E-state index contributed by atoms with van der Waals surface area (Å²) in [4.78, 5) is 7.01. The maximum absolute atomic E-state index is 5.90. The van der Waals surface area contributed by atoms with Crippen LogP contribution in [-0.2, 0) is 9.47 Å². The van der Waals surface area contributed by atoms with Crippen molar-refractivity contribution in [2.24, 2.45) is 4.99 Å². The van der Waals surface area contributed by atoms with Gasteiger partial charge in [-0.3, -0.25) is 4.99 Å². The van der Waals surface area contributed by atoms with E-state index in [1.165, 1.54) is 38.8 Å². The minimum absolute atomic E-state index is 0. The van der Waals surface area contributed by atoms with Crippen LogP contribution in [0, 0.1) is 0 Å². The molecule has 2 N–H and O–H groups in total. The van der Waals surface area contributed by atoms with Gasteiger partial charge in [0, 0.05) is 58.6 Å². The molecule has 0 amide bonds. The summed E-state index contributed by atoms with van der Waals surface area (Å²) in [7, 11) is 1.85. The molecule has 146 valence electrons. The summed E-state index contributed by atoms with van der Waals surface area (Å²) in [5.74, 6) is 0.936. The van der Waals surface area contributed by atoms with E-state index >= 15 is 0 Å². The third-order valence-corrected chi connectivity index (χ3v) is 5.29. The van der Waals surface area contributed by atoms with Crippen LogP contribution in [0.1, 0.15) is 44.9 Å². The number of rotatable bonds is 7. The molecular formula is C18H35IN4O2. The number of aliphatic imine (C=N–C) groups is 1. The number of guanidine groups is 1. The molecule has 3 rings (SSSR count). The van der Waals surface area contributed by atoms with E-state index in [4.69, 9.17) is 9.47 Å². The summed E-state index contributed by atoms with van der Waals surface area (Å²) in [6, 6.07) is 1.46. The van der Waals surface area contributed by atoms with Crippen LogP contribution in [0.5, 0.6) is 0 Å². The van der Waals surface area contributed by atoms with Gasteiger partial charge in [0.15, 0.2) is 5.96 Å². The second kappa shape index (κ2) is 11.6. The van der Waals surface area contributed by atoms with Crippen LogP contribution >= 0.6 is 24.0 Å². The third kappa shape index (κ3) is 7.56. The minimum Gasteiger partial charge on any atom is -0.381 e. The van der Waals surface area contributed by atoms with Crippen LogP contribution < -0.4 is 10.6 Å². The van der Waals surface area contributed by atoms with Gasteiger partial charge in [-0.15, -0.1) is 24.0 Å². The highest BCUT2D eigenvalue weighted by Gasteiger charge is 2.31. The first-order valence-corrected chi connectivity index (χ1v) is 9.75. The summed E-state index contributed by atoms with van der Waals surface area (Å²) in [5.41, 5.74) is 0. The molecule has 0 bridgehead atoms. The van der Waals surface area contributed by atoms with E-state index < -0.39 is 0 Å². The van der Waals surface area contributed by atoms with Crippen LogP contribution in [0.3, 0.4) is 0 Å². The maximum atomic E-state index is 5.90. The van der Waals surface area contributed by atoms with Gasteiger partial charge in [0.1, 0.15) is 0 Å². The van der Waals surface area contributed by atoms with E-state index in [9.17, 15) is 0 Å². The van der Waals surface area contributed by atoms with Crippen molar-refractivity contribution < 1.29 is 9.47 Å². The van der Waals surface area contributed by atoms with Crippen molar-refractivity contribution >= 4 is 29.9 Å². The van der Waals surface area contributed by atoms with E-state index in [1.54, 1.807) is 0 Å². The van der Waals surface area contributed by atoms with Crippen LogP contribution in [0.4, 0.5) is 0 Å². The van der Waals surface area contributed by atoms with Crippen molar-refractivity contribution in [3.05, 3.63) is 0 Å². The Labute approximate surface area is 169 Å². The van der Waals surface area contributed by atoms with Crippen LogP contribution in [0.15, 0.2) is 4.99 Å². The van der Waals surface area contributed by atoms with Crippen LogP contribution in [0.25, 0.3) is 0 Å². The van der Waals surface area contributed by atoms with E-state index in [0.29, 0.717) is 12.1 Å². The van der Waals surface area contributed by atoms with E-state index in [1.807, 2.05) is 7.05 Å². The lowest BCUT2D eigenvalue weighted by atomic mass is 10.1. The largest absolute Gasteiger partial charge is 0.381 e. The molecule has 0 spiro atoms. The second-order valence-electron chi connectivity index (χ2n) is 7.22. The third-order valence-electron chi connectivity index (χ3n) is 5.29. The predicted octanol–water partition coefficient (Wildman–Crippen LogP) is 1.98. The van der Waals surface area contributed by atoms with E-state index in [2.05, 4.69) is 20.5 Å². The van der Waals surface area contributed by atoms with Crippen molar-refractivity contribution in [1.82, 2.24) is 15.5 Å². The number of halogens is 1. The normalized spacial score (nSPS) is 24.0. The monoisotopic (exact) mass is 466 g/mol. The Hall–Kier alpha value is -0.120. The van der Waals surface area contributed by atoms with Gasteiger partial charge < -0.3 is 25.0 Å². The van der Waals surface area contributed by atoms with Crippen molar-refractivity contribution in [3.63, 3.8) is 0 Å². The molecule has 25 heavy (non-hydrogen) atoms. The Kier molecular flexibility index (Phi) is 9.80. The molecule has 2 aliphatic heterocycles. The summed E-state index contributed by atoms with van der Waals surface area (Å²) < 4.78 is 11.3. The number of nitrogens with one attached hydrogen (secondary N) is 2. The smallest absolute Gasteiger partial charge is 0.191 e. The van der Waals surface area contributed by atoms with Gasteiger partial charge in [0.2, 0.25) is 0 Å². The highest BCUT2D eigenvalue weighted by Crippen LogP contribution is 2.29. The van der Waals surface area contributed by atoms with Gasteiger partial charge in [-0.1, -0.05) is 0 Å². The highest BCUT2D eigenvalue weighted by atomic mass is 127. The number of ether oxygens (including phenoxy) is 2. The SMILES string of the molecule is CN=C(NCCCOC1CCOCC1)NC1CCN(C2CC2)CC1.I.